The van der Waals surface area contributed by atoms with Crippen molar-refractivity contribution >= 4 is 93.8 Å². The van der Waals surface area contributed by atoms with Gasteiger partial charge in [0.2, 0.25) is 0 Å². The second-order valence-electron chi connectivity index (χ2n) is 24.4. The Morgan fingerprint density at radius 3 is 0.867 bits per heavy atom. The van der Waals surface area contributed by atoms with Crippen LogP contribution in [0, 0.1) is 52.7 Å². The predicted molar refractivity (Wildman–Crippen MR) is 352 cm³/mol. The van der Waals surface area contributed by atoms with Crippen LogP contribution in [0.1, 0.15) is 69.1 Å². The molecule has 0 unspecified atom stereocenters. The quantitative estimate of drug-likeness (QED) is 0.0768. The molecular formula is C65H67Cl3F6O18S6. The second-order valence-corrected chi connectivity index (χ2v) is 39.6. The van der Waals surface area contributed by atoms with E-state index in [2.05, 4.69) is 0 Å². The van der Waals surface area contributed by atoms with Crippen molar-refractivity contribution in [2.24, 2.45) is 17.8 Å². The van der Waals surface area contributed by atoms with Gasteiger partial charge in [0.25, 0.3) is 0 Å². The van der Waals surface area contributed by atoms with Gasteiger partial charge in [-0.15, -0.1) is 0 Å². The van der Waals surface area contributed by atoms with Gasteiger partial charge in [0, 0.05) is 70.4 Å². The molecule has 0 spiro atoms. The molecule has 0 radical (unpaired) electrons. The molecule has 6 heterocycles. The Kier molecular flexibility index (Phi) is 22.2. The molecule has 0 aliphatic carbocycles. The fourth-order valence-corrected chi connectivity index (χ4v) is 24.0. The molecule has 0 aromatic heterocycles. The lowest BCUT2D eigenvalue weighted by Crippen LogP contribution is -2.57. The van der Waals surface area contributed by atoms with E-state index in [0.29, 0.717) is 15.1 Å². The number of halogens is 9. The van der Waals surface area contributed by atoms with E-state index in [1.165, 1.54) is 86.6 Å². The lowest BCUT2D eigenvalue weighted by atomic mass is 9.75. The third kappa shape index (κ3) is 14.0. The van der Waals surface area contributed by atoms with Crippen LogP contribution >= 0.6 is 34.8 Å². The van der Waals surface area contributed by atoms with Gasteiger partial charge in [-0.1, -0.05) is 48.7 Å². The Hall–Kier alpha value is -5.25. The number of benzene rings is 6. The third-order valence-electron chi connectivity index (χ3n) is 19.1. The molecule has 6 aliphatic rings. The number of rotatable bonds is 17. The summed E-state index contributed by atoms with van der Waals surface area (Å²) < 4.78 is 274. The van der Waals surface area contributed by atoms with Gasteiger partial charge >= 0.3 is 0 Å². The molecule has 6 aliphatic heterocycles. The SMILES string of the molecule is CCS(=O)(=O)CC[C@@H]1OCC[C@@]2(S(=O)(=O)c3ccc(Cl)cc3)c3c(F)ccc(F)c3OC[C@@H]12.CCS(=O)(=O)CC[C@@H]1OCC[C@@]2(S(=O)(=O)c3ccc(Cl)cc3)c3c(F)ccc(F)c3OC[C@@H]12.CS(=O)(=O)CC[C@@H]1OCC[C@@]2(S(=O)(=O)c3ccc(Cl)cc3)c3c(F)ccc(F)c3OC[C@@H]12. The summed E-state index contributed by atoms with van der Waals surface area (Å²) in [6.45, 7) is 2.01. The summed E-state index contributed by atoms with van der Waals surface area (Å²) in [4.78, 5) is -0.308. The van der Waals surface area contributed by atoms with Crippen LogP contribution in [0.15, 0.2) is 124 Å². The zero-order valence-corrected chi connectivity index (χ0v) is 59.7. The van der Waals surface area contributed by atoms with Crippen molar-refractivity contribution in [2.45, 2.75) is 99.6 Å². The molecule has 0 saturated carbocycles. The summed E-state index contributed by atoms with van der Waals surface area (Å²) in [6.07, 6.45) is -1.90. The van der Waals surface area contributed by atoms with Crippen molar-refractivity contribution in [3.05, 3.63) is 176 Å². The van der Waals surface area contributed by atoms with Gasteiger partial charge in [-0.05, 0) is 148 Å². The van der Waals surface area contributed by atoms with E-state index in [9.17, 15) is 63.7 Å². The van der Waals surface area contributed by atoms with E-state index < -0.39 is 161 Å². The number of hydrogen-bond acceptors (Lipinski definition) is 18. The first-order valence-corrected chi connectivity index (χ1v) is 42.1. The number of fused-ring (bicyclic) bond motifs is 9. The Balaban J connectivity index is 0.000000159. The van der Waals surface area contributed by atoms with E-state index in [-0.39, 0.29) is 138 Å². The maximum atomic E-state index is 15.3. The lowest BCUT2D eigenvalue weighted by Gasteiger charge is -2.50. The first kappa shape index (κ1) is 75.4. The Bertz CT molecular complexity index is 4520. The Morgan fingerprint density at radius 1 is 0.378 bits per heavy atom. The molecule has 9 atom stereocenters. The molecule has 3 saturated heterocycles. The second kappa shape index (κ2) is 28.9. The summed E-state index contributed by atoms with van der Waals surface area (Å²) in [5, 5.41) is 0.963. The molecule has 33 heteroatoms. The fourth-order valence-electron chi connectivity index (χ4n) is 14.2. The van der Waals surface area contributed by atoms with Gasteiger partial charge in [-0.25, -0.2) is 76.8 Å². The first-order chi connectivity index (χ1) is 46.0. The molecular weight excluding hydrogens is 1480 g/mol. The van der Waals surface area contributed by atoms with Gasteiger partial charge in [-0.3, -0.25) is 0 Å². The van der Waals surface area contributed by atoms with Crippen molar-refractivity contribution in [2.75, 3.05) is 74.7 Å². The third-order valence-corrected chi connectivity index (χ3v) is 32.0. The van der Waals surface area contributed by atoms with Crippen molar-refractivity contribution in [3.8, 4) is 17.2 Å². The largest absolute Gasteiger partial charge is 0.490 e. The highest BCUT2D eigenvalue weighted by Crippen LogP contribution is 2.59. The van der Waals surface area contributed by atoms with Crippen molar-refractivity contribution < 1.29 is 105 Å². The summed E-state index contributed by atoms with van der Waals surface area (Å²) in [7, 11) is -23.0. The van der Waals surface area contributed by atoms with Gasteiger partial charge < -0.3 is 28.4 Å². The minimum atomic E-state index is -4.32. The minimum absolute atomic E-state index is 0.00296. The standard InChI is InChI=1S/2C22H23ClF2O6S2.C21H21ClF2O6S2/c2*1-2-32(26,27)12-9-19-16-13-31-21-18(25)8-7-17(24)20(21)22(16,10-11-30-19)33(28,29)15-5-3-14(23)4-6-15;1-31(25,26)11-8-18-15-12-30-20-17(24)7-6-16(23)19(20)21(15,9-10-29-18)32(27,28)14-4-2-13(22)3-5-14/h2*3-8,16,19H,2,9-13H2,1H3;2-7,15,18H,8-12H2,1H3/t2*16-,19-,22-;15-,18-,21-/m000/s1. The highest BCUT2D eigenvalue weighted by atomic mass is 35.5. The molecule has 0 bridgehead atoms. The first-order valence-electron chi connectivity index (χ1n) is 30.8. The van der Waals surface area contributed by atoms with Crippen LogP contribution in [0.4, 0.5) is 26.3 Å². The van der Waals surface area contributed by atoms with E-state index in [1.807, 2.05) is 0 Å². The van der Waals surface area contributed by atoms with E-state index >= 15 is 13.2 Å². The molecule has 98 heavy (non-hydrogen) atoms. The van der Waals surface area contributed by atoms with Crippen LogP contribution in [0.25, 0.3) is 0 Å². The Labute approximate surface area is 580 Å². The van der Waals surface area contributed by atoms with Crippen LogP contribution in [-0.4, -0.2) is 143 Å². The smallest absolute Gasteiger partial charge is 0.189 e. The number of hydrogen-bond donors (Lipinski definition) is 0. The van der Waals surface area contributed by atoms with Gasteiger partial charge in [0.05, 0.1) is 86.8 Å². The average Bonchev–Trinajstić information content (AvgIpc) is 0.712. The van der Waals surface area contributed by atoms with E-state index in [4.69, 9.17) is 63.2 Å². The van der Waals surface area contributed by atoms with Crippen LogP contribution in [0.3, 0.4) is 0 Å². The molecule has 6 aromatic rings. The maximum absolute atomic E-state index is 15.3. The molecule has 0 N–H and O–H groups in total. The van der Waals surface area contributed by atoms with Crippen LogP contribution in [0.5, 0.6) is 17.2 Å². The average molecular weight is 1550 g/mol. The lowest BCUT2D eigenvalue weighted by molar-refractivity contribution is -0.0733. The Morgan fingerprint density at radius 2 is 0.622 bits per heavy atom. The monoisotopic (exact) mass is 1550 g/mol. The fraction of sp³-hybridized carbons (Fsp3) is 0.446. The normalized spacial score (nSPS) is 25.2. The van der Waals surface area contributed by atoms with Crippen LogP contribution < -0.4 is 14.2 Å². The molecule has 6 aromatic carbocycles. The van der Waals surface area contributed by atoms with Crippen molar-refractivity contribution in [3.63, 3.8) is 0 Å². The van der Waals surface area contributed by atoms with Crippen LogP contribution in [-0.2, 0) is 87.5 Å². The van der Waals surface area contributed by atoms with Crippen LogP contribution in [0.2, 0.25) is 15.1 Å². The van der Waals surface area contributed by atoms with E-state index in [1.54, 1.807) is 0 Å². The number of ether oxygens (including phenoxy) is 6. The molecule has 12 rings (SSSR count). The zero-order valence-electron chi connectivity index (χ0n) is 52.6. The molecule has 3 fully saturated rings. The van der Waals surface area contributed by atoms with Crippen molar-refractivity contribution in [1.29, 1.82) is 0 Å². The molecule has 0 amide bonds. The molecule has 534 valence electrons. The van der Waals surface area contributed by atoms with E-state index in [0.717, 1.165) is 42.7 Å². The number of sulfone groups is 6. The summed E-state index contributed by atoms with van der Waals surface area (Å²) in [6, 6.07) is 21.7. The topological polar surface area (TPSA) is 260 Å². The van der Waals surface area contributed by atoms with Crippen molar-refractivity contribution in [1.82, 2.24) is 0 Å². The maximum Gasteiger partial charge on any atom is 0.189 e. The van der Waals surface area contributed by atoms with Gasteiger partial charge in [0.15, 0.2) is 64.2 Å². The van der Waals surface area contributed by atoms with Gasteiger partial charge in [0.1, 0.15) is 61.2 Å². The molecule has 18 nitrogen and oxygen atoms in total. The zero-order chi connectivity index (χ0) is 71.3. The summed E-state index contributed by atoms with van der Waals surface area (Å²) in [5.41, 5.74) is -1.13. The summed E-state index contributed by atoms with van der Waals surface area (Å²) in [5.74, 6) is -10.4. The highest BCUT2D eigenvalue weighted by molar-refractivity contribution is 7.93. The van der Waals surface area contributed by atoms with Gasteiger partial charge in [-0.2, -0.15) is 0 Å². The predicted octanol–water partition coefficient (Wildman–Crippen LogP) is 11.3. The summed E-state index contributed by atoms with van der Waals surface area (Å²) >= 11 is 17.8. The highest BCUT2D eigenvalue weighted by Gasteiger charge is 2.65. The minimum Gasteiger partial charge on any atom is -0.490 e.